The van der Waals surface area contributed by atoms with Crippen LogP contribution in [0.25, 0.3) is 0 Å². The fraction of sp³-hybridized carbons (Fsp3) is 0.816. The van der Waals surface area contributed by atoms with Gasteiger partial charge in [-0.15, -0.1) is 4.99 Å². The quantitative estimate of drug-likeness (QED) is 0.0922. The molecule has 0 radical (unpaired) electrons. The topological polar surface area (TPSA) is 148 Å². The molecule has 51 heavy (non-hydrogen) atoms. The van der Waals surface area contributed by atoms with Gasteiger partial charge in [0.15, 0.2) is 0 Å². The number of likely N-dealkylation sites (tertiary alicyclic amines) is 2. The zero-order valence-corrected chi connectivity index (χ0v) is 32.9. The van der Waals surface area contributed by atoms with E-state index >= 15 is 0 Å². The van der Waals surface area contributed by atoms with Gasteiger partial charge in [-0.25, -0.2) is 9.59 Å². The summed E-state index contributed by atoms with van der Waals surface area (Å²) in [5, 5.41) is 6.18. The minimum Gasteiger partial charge on any atom is -0.460 e. The molecule has 0 aromatic rings. The Balaban J connectivity index is 1.60. The number of allylic oxidation sites excluding steroid dienone is 1. The Morgan fingerprint density at radius 3 is 2.12 bits per heavy atom. The summed E-state index contributed by atoms with van der Waals surface area (Å²) in [6.07, 6.45) is 8.32. The van der Waals surface area contributed by atoms with Crippen LogP contribution in [0.1, 0.15) is 133 Å². The highest BCUT2D eigenvalue weighted by molar-refractivity contribution is 5.99. The van der Waals surface area contributed by atoms with Crippen molar-refractivity contribution in [1.82, 2.24) is 20.4 Å². The molecule has 13 heteroatoms. The molecule has 3 atom stereocenters. The molecule has 2 heterocycles. The number of hydrogen-bond acceptors (Lipinski definition) is 9. The van der Waals surface area contributed by atoms with Gasteiger partial charge in [-0.05, 0) is 127 Å². The van der Waals surface area contributed by atoms with Crippen molar-refractivity contribution in [2.75, 3.05) is 26.2 Å². The van der Waals surface area contributed by atoms with Crippen LogP contribution in [-0.4, -0.2) is 107 Å². The van der Waals surface area contributed by atoms with E-state index in [0.29, 0.717) is 45.5 Å². The summed E-state index contributed by atoms with van der Waals surface area (Å²) in [4.78, 5) is 60.1. The van der Waals surface area contributed by atoms with Crippen LogP contribution in [0.3, 0.4) is 0 Å². The molecule has 2 aliphatic heterocycles. The highest BCUT2D eigenvalue weighted by atomic mass is 16.6. The second-order valence-electron chi connectivity index (χ2n) is 17.1. The number of alkyl carbamates (subject to hydrolysis) is 1. The van der Waals surface area contributed by atoms with Gasteiger partial charge in [-0.3, -0.25) is 14.9 Å². The highest BCUT2D eigenvalue weighted by Gasteiger charge is 2.35. The summed E-state index contributed by atoms with van der Waals surface area (Å²) < 4.78 is 22.7. The third-order valence-corrected chi connectivity index (χ3v) is 8.76. The first-order valence-corrected chi connectivity index (χ1v) is 18.8. The van der Waals surface area contributed by atoms with Gasteiger partial charge in [0.05, 0.1) is 18.6 Å². The minimum absolute atomic E-state index is 0.00430. The van der Waals surface area contributed by atoms with E-state index in [2.05, 4.69) is 28.6 Å². The number of rotatable bonds is 9. The Bertz CT molecular complexity index is 1250. The van der Waals surface area contributed by atoms with Gasteiger partial charge in [0.1, 0.15) is 16.8 Å². The van der Waals surface area contributed by atoms with Crippen LogP contribution >= 0.6 is 0 Å². The van der Waals surface area contributed by atoms with Gasteiger partial charge < -0.3 is 34.1 Å². The first-order valence-electron chi connectivity index (χ1n) is 18.8. The normalized spacial score (nSPS) is 21.8. The molecule has 0 bridgehead atoms. The fourth-order valence-corrected chi connectivity index (χ4v) is 6.64. The van der Waals surface area contributed by atoms with Crippen molar-refractivity contribution >= 4 is 30.0 Å². The van der Waals surface area contributed by atoms with Crippen LogP contribution in [0, 0.1) is 0 Å². The molecule has 2 saturated heterocycles. The fourth-order valence-electron chi connectivity index (χ4n) is 6.64. The number of piperidine rings is 2. The van der Waals surface area contributed by atoms with E-state index in [1.807, 2.05) is 30.6 Å². The predicted molar refractivity (Wildman–Crippen MR) is 196 cm³/mol. The second-order valence-corrected chi connectivity index (χ2v) is 17.1. The van der Waals surface area contributed by atoms with E-state index in [1.165, 1.54) is 5.57 Å². The molecular weight excluding hydrogens is 654 g/mol. The van der Waals surface area contributed by atoms with E-state index < -0.39 is 35.0 Å². The van der Waals surface area contributed by atoms with Crippen LogP contribution < -0.4 is 10.6 Å². The molecule has 290 valence electrons. The maximum atomic E-state index is 14.1. The smallest absolute Gasteiger partial charge is 0.437 e. The molecule has 13 nitrogen and oxygen atoms in total. The predicted octanol–water partition coefficient (Wildman–Crippen LogP) is 6.24. The number of aliphatic imine (C=N–C) groups is 1. The Morgan fingerprint density at radius 2 is 1.51 bits per heavy atom. The van der Waals surface area contributed by atoms with E-state index in [-0.39, 0.29) is 42.4 Å². The lowest BCUT2D eigenvalue weighted by Crippen LogP contribution is -2.55. The number of carbonyl (C=O) groups is 4. The maximum absolute atomic E-state index is 14.1. The maximum Gasteiger partial charge on any atom is 0.437 e. The second kappa shape index (κ2) is 18.5. The lowest BCUT2D eigenvalue weighted by atomic mass is 9.94. The summed E-state index contributed by atoms with van der Waals surface area (Å²) in [6.45, 7) is 20.3. The van der Waals surface area contributed by atoms with Crippen molar-refractivity contribution in [1.29, 1.82) is 0 Å². The molecular formula is C38H65N5O8. The van der Waals surface area contributed by atoms with E-state index in [0.717, 1.165) is 38.5 Å². The molecule has 0 aromatic heterocycles. The Hall–Kier alpha value is -3.19. The van der Waals surface area contributed by atoms with Crippen molar-refractivity contribution in [3.8, 4) is 0 Å². The molecule has 2 N–H and O–H groups in total. The standard InChI is InChI=1S/C38H65N5O8/c1-26-14-13-15-27(24-26)39-30(25-31(44)49-36(2,3)4)32(45)43-20-12-11-16-28(43)19-23-48-29-17-21-42(22-18-29)33(40-34(46)50-37(5,6)7)41-35(47)51-38(8,9)10/h14,27-30,39H,11-13,15-25H2,1-10H3,(H,40,41,46,47)/t27?,28-,30-/m0/s1. The molecule has 3 rings (SSSR count). The van der Waals surface area contributed by atoms with Crippen LogP contribution in [-0.2, 0) is 28.5 Å². The average molecular weight is 720 g/mol. The number of ether oxygens (including phenoxy) is 4. The van der Waals surface area contributed by atoms with E-state index in [9.17, 15) is 19.2 Å². The minimum atomic E-state index is -0.798. The van der Waals surface area contributed by atoms with Crippen molar-refractivity contribution in [3.05, 3.63) is 11.6 Å². The summed E-state index contributed by atoms with van der Waals surface area (Å²) in [5.74, 6) is -0.331. The van der Waals surface area contributed by atoms with Gasteiger partial charge in [0.25, 0.3) is 0 Å². The Morgan fingerprint density at radius 1 is 0.863 bits per heavy atom. The van der Waals surface area contributed by atoms with Crippen LogP contribution in [0.15, 0.2) is 16.6 Å². The molecule has 2 fully saturated rings. The van der Waals surface area contributed by atoms with Crippen LogP contribution in [0.5, 0.6) is 0 Å². The molecule has 1 aliphatic carbocycles. The first-order chi connectivity index (χ1) is 23.7. The zero-order chi connectivity index (χ0) is 38.0. The van der Waals surface area contributed by atoms with Crippen molar-refractivity contribution in [2.45, 2.75) is 174 Å². The number of hydrogen-bond donors (Lipinski definition) is 2. The van der Waals surface area contributed by atoms with Crippen molar-refractivity contribution < 1.29 is 38.1 Å². The lowest BCUT2D eigenvalue weighted by molar-refractivity contribution is -0.158. The zero-order valence-electron chi connectivity index (χ0n) is 32.9. The largest absolute Gasteiger partial charge is 0.460 e. The number of nitrogens with one attached hydrogen (secondary N) is 2. The van der Waals surface area contributed by atoms with Gasteiger partial charge in [0, 0.05) is 38.3 Å². The van der Waals surface area contributed by atoms with Gasteiger partial charge >= 0.3 is 18.2 Å². The molecule has 1 unspecified atom stereocenters. The van der Waals surface area contributed by atoms with Gasteiger partial charge in [-0.2, -0.15) is 0 Å². The lowest BCUT2D eigenvalue weighted by Gasteiger charge is -2.39. The third-order valence-electron chi connectivity index (χ3n) is 8.76. The molecule has 3 amide bonds. The van der Waals surface area contributed by atoms with Crippen LogP contribution in [0.4, 0.5) is 9.59 Å². The van der Waals surface area contributed by atoms with Gasteiger partial charge in [-0.1, -0.05) is 11.6 Å². The van der Waals surface area contributed by atoms with Crippen LogP contribution in [0.2, 0.25) is 0 Å². The van der Waals surface area contributed by atoms with Crippen molar-refractivity contribution in [2.24, 2.45) is 4.99 Å². The van der Waals surface area contributed by atoms with Gasteiger partial charge in [0.2, 0.25) is 11.9 Å². The number of guanidine groups is 1. The summed E-state index contributed by atoms with van der Waals surface area (Å²) in [6, 6.07) is -0.488. The average Bonchev–Trinajstić information content (AvgIpc) is 2.98. The summed E-state index contributed by atoms with van der Waals surface area (Å²) in [5.41, 5.74) is -0.787. The Labute approximate surface area is 305 Å². The van der Waals surface area contributed by atoms with Crippen molar-refractivity contribution in [3.63, 3.8) is 0 Å². The highest BCUT2D eigenvalue weighted by Crippen LogP contribution is 2.25. The Kier molecular flexibility index (Phi) is 15.3. The number of amides is 3. The molecule has 0 saturated carbocycles. The number of esters is 1. The molecule has 0 spiro atoms. The first kappa shape index (κ1) is 42.2. The van der Waals surface area contributed by atoms with E-state index in [4.69, 9.17) is 18.9 Å². The monoisotopic (exact) mass is 719 g/mol. The number of carbonyl (C=O) groups excluding carboxylic acids is 4. The summed E-state index contributed by atoms with van der Waals surface area (Å²) >= 11 is 0. The molecule has 3 aliphatic rings. The third kappa shape index (κ3) is 15.9. The molecule has 0 aromatic carbocycles. The van der Waals surface area contributed by atoms with E-state index in [1.54, 1.807) is 41.5 Å². The SMILES string of the molecule is CC1=CCCC(N[C@@H](CC(=O)OC(C)(C)C)C(=O)N2CCCC[C@H]2CCOC2CCN(C(=NC(=O)OC(C)(C)C)NC(=O)OC(C)(C)C)CC2)C1. The summed E-state index contributed by atoms with van der Waals surface area (Å²) in [7, 11) is 0. The number of nitrogens with zero attached hydrogens (tertiary/aromatic N) is 3.